The third-order valence-electron chi connectivity index (χ3n) is 5.44. The van der Waals surface area contributed by atoms with Crippen LogP contribution in [-0.4, -0.2) is 18.2 Å². The van der Waals surface area contributed by atoms with E-state index in [0.29, 0.717) is 11.5 Å². The fourth-order valence-electron chi connectivity index (χ4n) is 3.99. The predicted molar refractivity (Wildman–Crippen MR) is 102 cm³/mol. The van der Waals surface area contributed by atoms with Gasteiger partial charge in [-0.25, -0.2) is 4.79 Å². The summed E-state index contributed by atoms with van der Waals surface area (Å²) in [6, 6.07) is 0. The SMILES string of the molecule is CC(=O)O[C@@H]1OC(=O)/C2=C/C/C=C(\C)CC[C@H](C(C)CCC=C(C)C)[C@H]21. The first-order chi connectivity index (χ1) is 12.3. The molecule has 2 rings (SSSR count). The van der Waals surface area contributed by atoms with Crippen LogP contribution in [0.3, 0.4) is 0 Å². The van der Waals surface area contributed by atoms with Gasteiger partial charge in [0.25, 0.3) is 6.29 Å². The molecule has 4 nitrogen and oxygen atoms in total. The molecule has 4 atom stereocenters. The Kier molecular flexibility index (Phi) is 7.24. The number of cyclic esters (lactones) is 1. The van der Waals surface area contributed by atoms with Crippen molar-refractivity contribution in [1.29, 1.82) is 0 Å². The Balaban J connectivity index is 2.30. The second-order valence-corrected chi connectivity index (χ2v) is 7.89. The highest BCUT2D eigenvalue weighted by Crippen LogP contribution is 2.43. The van der Waals surface area contributed by atoms with Gasteiger partial charge < -0.3 is 9.47 Å². The number of rotatable bonds is 5. The summed E-state index contributed by atoms with van der Waals surface area (Å²) >= 11 is 0. The van der Waals surface area contributed by atoms with Crippen LogP contribution in [0.2, 0.25) is 0 Å². The highest BCUT2D eigenvalue weighted by Gasteiger charge is 2.47. The summed E-state index contributed by atoms with van der Waals surface area (Å²) in [5.41, 5.74) is 3.35. The summed E-state index contributed by atoms with van der Waals surface area (Å²) in [5, 5.41) is 0. The van der Waals surface area contributed by atoms with Crippen molar-refractivity contribution >= 4 is 11.9 Å². The molecule has 1 aliphatic heterocycles. The van der Waals surface area contributed by atoms with Crippen LogP contribution in [-0.2, 0) is 19.1 Å². The van der Waals surface area contributed by atoms with Crippen molar-refractivity contribution in [2.45, 2.75) is 73.0 Å². The Morgan fingerprint density at radius 2 is 2.08 bits per heavy atom. The van der Waals surface area contributed by atoms with Crippen LogP contribution in [0.4, 0.5) is 0 Å². The molecule has 1 fully saturated rings. The molecule has 1 heterocycles. The van der Waals surface area contributed by atoms with E-state index >= 15 is 0 Å². The maximum absolute atomic E-state index is 12.4. The molecule has 0 spiro atoms. The Morgan fingerprint density at radius 1 is 1.35 bits per heavy atom. The average molecular weight is 360 g/mol. The molecule has 2 aliphatic rings. The minimum atomic E-state index is -0.791. The molecule has 0 aromatic heterocycles. The summed E-state index contributed by atoms with van der Waals surface area (Å²) < 4.78 is 10.8. The van der Waals surface area contributed by atoms with Crippen LogP contribution in [0.25, 0.3) is 0 Å². The lowest BCUT2D eigenvalue weighted by Crippen LogP contribution is -2.32. The number of hydrogen-bond acceptors (Lipinski definition) is 4. The van der Waals surface area contributed by atoms with Gasteiger partial charge in [0.2, 0.25) is 0 Å². The van der Waals surface area contributed by atoms with E-state index in [2.05, 4.69) is 39.8 Å². The van der Waals surface area contributed by atoms with E-state index in [4.69, 9.17) is 9.47 Å². The first kappa shape index (κ1) is 20.5. The number of fused-ring (bicyclic) bond motifs is 1. The summed E-state index contributed by atoms with van der Waals surface area (Å²) in [4.78, 5) is 23.9. The fourth-order valence-corrected chi connectivity index (χ4v) is 3.99. The second kappa shape index (κ2) is 9.20. The average Bonchev–Trinajstić information content (AvgIpc) is 2.86. The molecule has 1 saturated heterocycles. The highest BCUT2D eigenvalue weighted by atomic mass is 16.7. The van der Waals surface area contributed by atoms with Gasteiger partial charge in [-0.2, -0.15) is 0 Å². The zero-order valence-electron chi connectivity index (χ0n) is 16.7. The summed E-state index contributed by atoms with van der Waals surface area (Å²) in [6.45, 7) is 9.97. The van der Waals surface area contributed by atoms with Crippen molar-refractivity contribution in [2.75, 3.05) is 0 Å². The quantitative estimate of drug-likeness (QED) is 0.505. The Bertz CT molecular complexity index is 622. The Morgan fingerprint density at radius 3 is 2.73 bits per heavy atom. The van der Waals surface area contributed by atoms with Crippen molar-refractivity contribution in [3.05, 3.63) is 34.9 Å². The number of hydrogen-bond donors (Lipinski definition) is 0. The molecule has 26 heavy (non-hydrogen) atoms. The van der Waals surface area contributed by atoms with Gasteiger partial charge in [-0.05, 0) is 64.7 Å². The van der Waals surface area contributed by atoms with Gasteiger partial charge in [0.05, 0.1) is 5.92 Å². The molecule has 4 heteroatoms. The number of allylic oxidation sites excluding steroid dienone is 5. The zero-order chi connectivity index (χ0) is 19.3. The summed E-state index contributed by atoms with van der Waals surface area (Å²) in [6.07, 6.45) is 10.3. The predicted octanol–water partition coefficient (Wildman–Crippen LogP) is 5.10. The fraction of sp³-hybridized carbons (Fsp3) is 0.636. The maximum Gasteiger partial charge on any atom is 0.337 e. The van der Waals surface area contributed by atoms with Gasteiger partial charge >= 0.3 is 11.9 Å². The minimum absolute atomic E-state index is 0.174. The van der Waals surface area contributed by atoms with Gasteiger partial charge in [0, 0.05) is 12.5 Å². The zero-order valence-corrected chi connectivity index (χ0v) is 16.7. The van der Waals surface area contributed by atoms with E-state index in [0.717, 1.165) is 32.1 Å². The number of carbonyl (C=O) groups is 2. The van der Waals surface area contributed by atoms with E-state index in [-0.39, 0.29) is 17.8 Å². The second-order valence-electron chi connectivity index (χ2n) is 7.89. The normalized spacial score (nSPS) is 31.0. The summed E-state index contributed by atoms with van der Waals surface area (Å²) in [7, 11) is 0. The van der Waals surface area contributed by atoms with Crippen LogP contribution in [0.5, 0.6) is 0 Å². The molecule has 0 N–H and O–H groups in total. The molecule has 0 amide bonds. The lowest BCUT2D eigenvalue weighted by atomic mass is 9.74. The van der Waals surface area contributed by atoms with Gasteiger partial charge in [-0.3, -0.25) is 4.79 Å². The van der Waals surface area contributed by atoms with Crippen LogP contribution < -0.4 is 0 Å². The Hall–Kier alpha value is -1.84. The van der Waals surface area contributed by atoms with Gasteiger partial charge in [-0.15, -0.1) is 0 Å². The van der Waals surface area contributed by atoms with Gasteiger partial charge in [0.1, 0.15) is 0 Å². The summed E-state index contributed by atoms with van der Waals surface area (Å²) in [5.74, 6) is -0.279. The topological polar surface area (TPSA) is 52.6 Å². The largest absolute Gasteiger partial charge is 0.425 e. The van der Waals surface area contributed by atoms with Crippen LogP contribution in [0.1, 0.15) is 66.7 Å². The molecule has 0 saturated carbocycles. The monoisotopic (exact) mass is 360 g/mol. The lowest BCUT2D eigenvalue weighted by Gasteiger charge is -2.31. The van der Waals surface area contributed by atoms with Gasteiger partial charge in [-0.1, -0.05) is 36.3 Å². The smallest absolute Gasteiger partial charge is 0.337 e. The third kappa shape index (κ3) is 5.33. The van der Waals surface area contributed by atoms with Crippen molar-refractivity contribution in [3.8, 4) is 0 Å². The number of esters is 2. The van der Waals surface area contributed by atoms with E-state index in [1.165, 1.54) is 18.1 Å². The minimum Gasteiger partial charge on any atom is -0.425 e. The van der Waals surface area contributed by atoms with Crippen molar-refractivity contribution in [1.82, 2.24) is 0 Å². The van der Waals surface area contributed by atoms with Crippen LogP contribution in [0.15, 0.2) is 34.9 Å². The number of carbonyl (C=O) groups excluding carboxylic acids is 2. The molecule has 1 unspecified atom stereocenters. The molecule has 144 valence electrons. The number of ether oxygens (including phenoxy) is 2. The van der Waals surface area contributed by atoms with Crippen LogP contribution in [0, 0.1) is 17.8 Å². The standard InChI is InChI=1S/C22H32O4/c1-14(2)8-6-10-16(4)18-13-12-15(3)9-7-11-19-20(18)22(25-17(5)23)26-21(19)24/h8-9,11,16,18,20,22H,6-7,10,12-13H2,1-5H3/b15-9+,19-11+/t16?,18-,20-,22-/m1/s1. The van der Waals surface area contributed by atoms with Gasteiger partial charge in [0.15, 0.2) is 0 Å². The van der Waals surface area contributed by atoms with E-state index in [9.17, 15) is 9.59 Å². The maximum atomic E-state index is 12.4. The highest BCUT2D eigenvalue weighted by molar-refractivity contribution is 5.91. The molecular formula is C22H32O4. The van der Waals surface area contributed by atoms with Crippen molar-refractivity contribution < 1.29 is 19.1 Å². The first-order valence-electron chi connectivity index (χ1n) is 9.66. The molecular weight excluding hydrogens is 328 g/mol. The molecule has 0 radical (unpaired) electrons. The molecule has 0 aromatic carbocycles. The molecule has 1 aliphatic carbocycles. The first-order valence-corrected chi connectivity index (χ1v) is 9.66. The lowest BCUT2D eigenvalue weighted by molar-refractivity contribution is -0.182. The van der Waals surface area contributed by atoms with Crippen molar-refractivity contribution in [3.63, 3.8) is 0 Å². The van der Waals surface area contributed by atoms with E-state index in [1.54, 1.807) is 0 Å². The Labute approximate surface area is 157 Å². The van der Waals surface area contributed by atoms with Crippen LogP contribution >= 0.6 is 0 Å². The molecule has 0 bridgehead atoms. The van der Waals surface area contributed by atoms with E-state index < -0.39 is 12.3 Å². The molecule has 0 aromatic rings. The third-order valence-corrected chi connectivity index (χ3v) is 5.44. The van der Waals surface area contributed by atoms with Crippen molar-refractivity contribution in [2.24, 2.45) is 17.8 Å². The van der Waals surface area contributed by atoms with E-state index in [1.807, 2.05) is 6.08 Å².